The van der Waals surface area contributed by atoms with Gasteiger partial charge >= 0.3 is 6.18 Å². The van der Waals surface area contributed by atoms with Gasteiger partial charge in [-0.1, -0.05) is 28.1 Å². The molecular formula is C19H12BrF3N4O2. The molecule has 148 valence electrons. The molecule has 0 atom stereocenters. The van der Waals surface area contributed by atoms with E-state index in [-0.39, 0.29) is 23.4 Å². The number of carbonyl (C=O) groups excluding carboxylic acids is 1. The molecule has 1 N–H and O–H groups in total. The Hall–Kier alpha value is -3.14. The normalized spacial score (nSPS) is 11.7. The second-order valence-electron chi connectivity index (χ2n) is 6.09. The number of alkyl halides is 3. The van der Waals surface area contributed by atoms with Crippen LogP contribution in [0.3, 0.4) is 0 Å². The second-order valence-corrected chi connectivity index (χ2v) is 7.00. The minimum atomic E-state index is -4.68. The fourth-order valence-corrected chi connectivity index (χ4v) is 3.03. The van der Waals surface area contributed by atoms with Gasteiger partial charge in [-0.15, -0.1) is 0 Å². The third-order valence-electron chi connectivity index (χ3n) is 4.15. The van der Waals surface area contributed by atoms with E-state index in [1.54, 1.807) is 36.4 Å². The Labute approximate surface area is 170 Å². The van der Waals surface area contributed by atoms with Crippen LogP contribution >= 0.6 is 15.9 Å². The van der Waals surface area contributed by atoms with Crippen molar-refractivity contribution in [2.45, 2.75) is 12.7 Å². The maximum absolute atomic E-state index is 13.6. The summed E-state index contributed by atoms with van der Waals surface area (Å²) in [6.07, 6.45) is -2.15. The van der Waals surface area contributed by atoms with Crippen molar-refractivity contribution in [2.24, 2.45) is 0 Å². The van der Waals surface area contributed by atoms with Crippen LogP contribution in [0.25, 0.3) is 16.9 Å². The molecule has 3 heterocycles. The molecule has 29 heavy (non-hydrogen) atoms. The fraction of sp³-hybridized carbons (Fsp3) is 0.105. The van der Waals surface area contributed by atoms with Gasteiger partial charge in [-0.2, -0.15) is 18.3 Å². The standard InChI is InChI=1S/C19H12BrF3N4O2/c20-12-5-3-11(4-6-12)15-8-16(19(21,22)23)27-17(26-15)14(10-25-27)18(28)24-9-13-2-1-7-29-13/h1-8,10H,9H2,(H,24,28). The van der Waals surface area contributed by atoms with Crippen LogP contribution in [-0.4, -0.2) is 20.5 Å². The third kappa shape index (κ3) is 3.88. The lowest BCUT2D eigenvalue weighted by Crippen LogP contribution is -2.23. The quantitative estimate of drug-likeness (QED) is 0.475. The molecule has 0 bridgehead atoms. The van der Waals surface area contributed by atoms with Gasteiger partial charge in [-0.3, -0.25) is 4.79 Å². The van der Waals surface area contributed by atoms with E-state index in [2.05, 4.69) is 31.3 Å². The summed E-state index contributed by atoms with van der Waals surface area (Å²) in [6, 6.07) is 10.9. The monoisotopic (exact) mass is 464 g/mol. The van der Waals surface area contributed by atoms with Crippen LogP contribution in [-0.2, 0) is 12.7 Å². The Morgan fingerprint density at radius 2 is 1.97 bits per heavy atom. The summed E-state index contributed by atoms with van der Waals surface area (Å²) in [5, 5.41) is 6.33. The van der Waals surface area contributed by atoms with Crippen LogP contribution < -0.4 is 5.32 Å². The number of carbonyl (C=O) groups is 1. The molecule has 0 saturated heterocycles. The minimum absolute atomic E-state index is 0.0685. The van der Waals surface area contributed by atoms with E-state index in [9.17, 15) is 18.0 Å². The molecule has 0 radical (unpaired) electrons. The number of hydrogen-bond donors (Lipinski definition) is 1. The average Bonchev–Trinajstić information content (AvgIpc) is 3.35. The fourth-order valence-electron chi connectivity index (χ4n) is 2.77. The molecule has 6 nitrogen and oxygen atoms in total. The van der Waals surface area contributed by atoms with Gasteiger partial charge in [0.25, 0.3) is 5.91 Å². The summed E-state index contributed by atoms with van der Waals surface area (Å²) in [5.41, 5.74) is -0.719. The number of nitrogens with one attached hydrogen (secondary N) is 1. The maximum atomic E-state index is 13.6. The van der Waals surface area contributed by atoms with Crippen molar-refractivity contribution in [3.63, 3.8) is 0 Å². The largest absolute Gasteiger partial charge is 0.467 e. The highest BCUT2D eigenvalue weighted by Gasteiger charge is 2.36. The lowest BCUT2D eigenvalue weighted by atomic mass is 10.1. The molecule has 0 aliphatic rings. The Morgan fingerprint density at radius 3 is 2.62 bits per heavy atom. The van der Waals surface area contributed by atoms with E-state index in [1.165, 1.54) is 6.26 Å². The predicted octanol–water partition coefficient (Wildman–Crippen LogP) is 4.70. The van der Waals surface area contributed by atoms with Gasteiger partial charge in [0.15, 0.2) is 11.3 Å². The van der Waals surface area contributed by atoms with Gasteiger partial charge in [-0.25, -0.2) is 9.50 Å². The van der Waals surface area contributed by atoms with Crippen molar-refractivity contribution >= 4 is 27.5 Å². The molecular weight excluding hydrogens is 453 g/mol. The van der Waals surface area contributed by atoms with Gasteiger partial charge in [0.05, 0.1) is 24.7 Å². The van der Waals surface area contributed by atoms with Crippen molar-refractivity contribution in [1.29, 1.82) is 0 Å². The van der Waals surface area contributed by atoms with Crippen LogP contribution in [0.1, 0.15) is 21.8 Å². The van der Waals surface area contributed by atoms with Crippen molar-refractivity contribution in [1.82, 2.24) is 19.9 Å². The van der Waals surface area contributed by atoms with Gasteiger partial charge in [0, 0.05) is 10.0 Å². The zero-order chi connectivity index (χ0) is 20.6. The van der Waals surface area contributed by atoms with Crippen LogP contribution in [0, 0.1) is 0 Å². The van der Waals surface area contributed by atoms with Gasteiger partial charge in [0.2, 0.25) is 0 Å². The maximum Gasteiger partial charge on any atom is 0.433 e. The summed E-state index contributed by atoms with van der Waals surface area (Å²) in [7, 11) is 0. The number of nitrogens with zero attached hydrogens (tertiary/aromatic N) is 3. The number of hydrogen-bond acceptors (Lipinski definition) is 4. The zero-order valence-electron chi connectivity index (χ0n) is 14.6. The molecule has 0 unspecified atom stereocenters. The highest BCUT2D eigenvalue weighted by atomic mass is 79.9. The van der Waals surface area contributed by atoms with Crippen LogP contribution in [0.15, 0.2) is 63.8 Å². The van der Waals surface area contributed by atoms with E-state index in [0.29, 0.717) is 15.8 Å². The molecule has 0 aliphatic heterocycles. The Balaban J connectivity index is 1.79. The molecule has 0 fully saturated rings. The lowest BCUT2D eigenvalue weighted by molar-refractivity contribution is -0.142. The van der Waals surface area contributed by atoms with E-state index >= 15 is 0 Å². The zero-order valence-corrected chi connectivity index (χ0v) is 16.2. The lowest BCUT2D eigenvalue weighted by Gasteiger charge is -2.11. The van der Waals surface area contributed by atoms with Gasteiger partial charge in [-0.05, 0) is 30.3 Å². The highest BCUT2D eigenvalue weighted by molar-refractivity contribution is 9.10. The van der Waals surface area contributed by atoms with Crippen LogP contribution in [0.2, 0.25) is 0 Å². The number of halogens is 4. The number of aromatic nitrogens is 3. The summed E-state index contributed by atoms with van der Waals surface area (Å²) in [6.45, 7) is 0.0850. The van der Waals surface area contributed by atoms with Crippen molar-refractivity contribution < 1.29 is 22.4 Å². The highest BCUT2D eigenvalue weighted by Crippen LogP contribution is 2.33. The third-order valence-corrected chi connectivity index (χ3v) is 4.68. The van der Waals surface area contributed by atoms with E-state index in [0.717, 1.165) is 16.7 Å². The molecule has 4 aromatic rings. The molecule has 0 spiro atoms. The topological polar surface area (TPSA) is 72.4 Å². The first kappa shape index (κ1) is 19.2. The van der Waals surface area contributed by atoms with E-state index in [1.807, 2.05) is 0 Å². The number of amides is 1. The Bertz CT molecular complexity index is 1170. The number of furan rings is 1. The van der Waals surface area contributed by atoms with Crippen LogP contribution in [0.5, 0.6) is 0 Å². The second kappa shape index (κ2) is 7.36. The molecule has 4 rings (SSSR count). The SMILES string of the molecule is O=C(NCc1ccco1)c1cnn2c(C(F)(F)F)cc(-c3ccc(Br)cc3)nc12. The molecule has 0 saturated carbocycles. The summed E-state index contributed by atoms with van der Waals surface area (Å²) < 4.78 is 47.4. The Morgan fingerprint density at radius 1 is 1.21 bits per heavy atom. The first-order valence-corrected chi connectivity index (χ1v) is 9.15. The summed E-state index contributed by atoms with van der Waals surface area (Å²) >= 11 is 3.29. The number of fused-ring (bicyclic) bond motifs is 1. The molecule has 0 aliphatic carbocycles. The minimum Gasteiger partial charge on any atom is -0.467 e. The molecule has 1 amide bonds. The Kier molecular flexibility index (Phi) is 4.87. The molecule has 1 aromatic carbocycles. The number of benzene rings is 1. The predicted molar refractivity (Wildman–Crippen MR) is 101 cm³/mol. The van der Waals surface area contributed by atoms with Gasteiger partial charge < -0.3 is 9.73 Å². The first-order chi connectivity index (χ1) is 13.8. The molecule has 3 aromatic heterocycles. The molecule has 10 heteroatoms. The summed E-state index contributed by atoms with van der Waals surface area (Å²) in [4.78, 5) is 16.8. The number of rotatable bonds is 4. The van der Waals surface area contributed by atoms with E-state index in [4.69, 9.17) is 4.42 Å². The van der Waals surface area contributed by atoms with Crippen molar-refractivity contribution in [2.75, 3.05) is 0 Å². The van der Waals surface area contributed by atoms with Crippen LogP contribution in [0.4, 0.5) is 13.2 Å². The van der Waals surface area contributed by atoms with E-state index < -0.39 is 17.8 Å². The average molecular weight is 465 g/mol. The first-order valence-electron chi connectivity index (χ1n) is 8.35. The van der Waals surface area contributed by atoms with Gasteiger partial charge in [0.1, 0.15) is 11.3 Å². The summed E-state index contributed by atoms with van der Waals surface area (Å²) in [5.74, 6) is -0.0979. The van der Waals surface area contributed by atoms with Crippen molar-refractivity contribution in [3.8, 4) is 11.3 Å². The van der Waals surface area contributed by atoms with Crippen molar-refractivity contribution in [3.05, 3.63) is 76.4 Å². The smallest absolute Gasteiger partial charge is 0.433 e.